The standard InChI is InChI=1S/C11H18N2OS/c1-11(5-3-6-14-11)10(13-12)8-9-4-2-7-15-9/h2,4,7,10,13H,3,5-6,8,12H2,1H3. The van der Waals surface area contributed by atoms with Crippen LogP contribution in [0.25, 0.3) is 0 Å². The van der Waals surface area contributed by atoms with E-state index in [4.69, 9.17) is 10.6 Å². The first-order valence-corrected chi connectivity index (χ1v) is 6.25. The maximum absolute atomic E-state index is 5.80. The van der Waals surface area contributed by atoms with E-state index in [2.05, 4.69) is 29.9 Å². The molecule has 0 spiro atoms. The zero-order valence-corrected chi connectivity index (χ0v) is 9.85. The van der Waals surface area contributed by atoms with E-state index in [9.17, 15) is 0 Å². The van der Waals surface area contributed by atoms with Gasteiger partial charge in [0, 0.05) is 17.9 Å². The first-order chi connectivity index (χ1) is 7.24. The smallest absolute Gasteiger partial charge is 0.0824 e. The van der Waals surface area contributed by atoms with Crippen molar-refractivity contribution in [3.05, 3.63) is 22.4 Å². The summed E-state index contributed by atoms with van der Waals surface area (Å²) in [6.45, 7) is 3.01. The third-order valence-electron chi connectivity index (χ3n) is 3.17. The molecular formula is C11H18N2OS. The maximum Gasteiger partial charge on any atom is 0.0824 e. The lowest BCUT2D eigenvalue weighted by molar-refractivity contribution is -0.0113. The largest absolute Gasteiger partial charge is 0.374 e. The summed E-state index contributed by atoms with van der Waals surface area (Å²) in [5, 5.41) is 2.10. The minimum Gasteiger partial charge on any atom is -0.374 e. The van der Waals surface area contributed by atoms with Crippen LogP contribution in [0.3, 0.4) is 0 Å². The van der Waals surface area contributed by atoms with E-state index in [0.717, 1.165) is 25.9 Å². The molecule has 0 aromatic carbocycles. The molecule has 0 radical (unpaired) electrons. The summed E-state index contributed by atoms with van der Waals surface area (Å²) in [5.74, 6) is 5.63. The van der Waals surface area contributed by atoms with Crippen LogP contribution in [0.1, 0.15) is 24.6 Å². The summed E-state index contributed by atoms with van der Waals surface area (Å²) in [7, 11) is 0. The zero-order chi connectivity index (χ0) is 10.7. The van der Waals surface area contributed by atoms with Gasteiger partial charge in [0.1, 0.15) is 0 Å². The van der Waals surface area contributed by atoms with Crippen LogP contribution in [-0.2, 0) is 11.2 Å². The van der Waals surface area contributed by atoms with Crippen molar-refractivity contribution < 1.29 is 4.74 Å². The lowest BCUT2D eigenvalue weighted by Crippen LogP contribution is -2.52. The second-order valence-corrected chi connectivity index (χ2v) is 5.30. The number of hydrogen-bond acceptors (Lipinski definition) is 4. The van der Waals surface area contributed by atoms with Crippen LogP contribution < -0.4 is 11.3 Å². The van der Waals surface area contributed by atoms with Gasteiger partial charge in [0.15, 0.2) is 0 Å². The number of hydrazine groups is 1. The Morgan fingerprint density at radius 1 is 1.73 bits per heavy atom. The molecule has 2 unspecified atom stereocenters. The van der Waals surface area contributed by atoms with Gasteiger partial charge in [0.2, 0.25) is 0 Å². The highest BCUT2D eigenvalue weighted by Gasteiger charge is 2.37. The zero-order valence-electron chi connectivity index (χ0n) is 9.03. The van der Waals surface area contributed by atoms with Crippen LogP contribution in [0.2, 0.25) is 0 Å². The Balaban J connectivity index is 2.03. The molecule has 0 saturated carbocycles. The molecular weight excluding hydrogens is 208 g/mol. The Morgan fingerprint density at radius 2 is 2.60 bits per heavy atom. The molecule has 1 aromatic rings. The van der Waals surface area contributed by atoms with E-state index in [1.165, 1.54) is 4.88 Å². The van der Waals surface area contributed by atoms with E-state index in [1.807, 2.05) is 0 Å². The SMILES string of the molecule is CC1(C(Cc2cccs2)NN)CCCO1. The second-order valence-electron chi connectivity index (χ2n) is 4.27. The average Bonchev–Trinajstić information content (AvgIpc) is 2.85. The van der Waals surface area contributed by atoms with Crippen LogP contribution >= 0.6 is 11.3 Å². The van der Waals surface area contributed by atoms with E-state index in [1.54, 1.807) is 11.3 Å². The van der Waals surface area contributed by atoms with Gasteiger partial charge in [-0.25, -0.2) is 0 Å². The number of nitrogens with two attached hydrogens (primary N) is 1. The van der Waals surface area contributed by atoms with Crippen LogP contribution in [0.4, 0.5) is 0 Å². The van der Waals surface area contributed by atoms with Gasteiger partial charge in [-0.1, -0.05) is 6.07 Å². The van der Waals surface area contributed by atoms with Crippen LogP contribution in [0.15, 0.2) is 17.5 Å². The minimum atomic E-state index is -0.0985. The van der Waals surface area contributed by atoms with Gasteiger partial charge in [-0.2, -0.15) is 0 Å². The molecule has 0 bridgehead atoms. The Hall–Kier alpha value is -0.420. The molecule has 3 nitrogen and oxygen atoms in total. The van der Waals surface area contributed by atoms with Crippen molar-refractivity contribution in [2.75, 3.05) is 6.61 Å². The number of hydrogen-bond donors (Lipinski definition) is 2. The van der Waals surface area contributed by atoms with Crippen molar-refractivity contribution in [3.8, 4) is 0 Å². The van der Waals surface area contributed by atoms with Gasteiger partial charge in [-0.3, -0.25) is 11.3 Å². The fourth-order valence-corrected chi connectivity index (χ4v) is 2.91. The van der Waals surface area contributed by atoms with Gasteiger partial charge in [0.25, 0.3) is 0 Å². The van der Waals surface area contributed by atoms with Crippen molar-refractivity contribution in [1.29, 1.82) is 0 Å². The molecule has 1 aliphatic rings. The first kappa shape index (κ1) is 11.1. The fraction of sp³-hybridized carbons (Fsp3) is 0.636. The van der Waals surface area contributed by atoms with E-state index in [0.29, 0.717) is 0 Å². The molecule has 1 fully saturated rings. The number of nitrogens with one attached hydrogen (secondary N) is 1. The molecule has 2 rings (SSSR count). The highest BCUT2D eigenvalue weighted by Crippen LogP contribution is 2.30. The number of rotatable bonds is 4. The summed E-state index contributed by atoms with van der Waals surface area (Å²) < 4.78 is 5.80. The molecule has 3 N–H and O–H groups in total. The summed E-state index contributed by atoms with van der Waals surface area (Å²) in [5.41, 5.74) is 2.81. The third-order valence-corrected chi connectivity index (χ3v) is 4.07. The molecule has 4 heteroatoms. The Bertz CT molecular complexity index is 294. The van der Waals surface area contributed by atoms with Crippen molar-refractivity contribution in [3.63, 3.8) is 0 Å². The second kappa shape index (κ2) is 4.61. The summed E-state index contributed by atoms with van der Waals surface area (Å²) in [6, 6.07) is 4.43. The molecule has 2 heterocycles. The van der Waals surface area contributed by atoms with Crippen LogP contribution in [-0.4, -0.2) is 18.2 Å². The molecule has 1 saturated heterocycles. The van der Waals surface area contributed by atoms with E-state index in [-0.39, 0.29) is 11.6 Å². The molecule has 84 valence electrons. The highest BCUT2D eigenvalue weighted by atomic mass is 32.1. The van der Waals surface area contributed by atoms with Crippen molar-refractivity contribution in [2.45, 2.75) is 37.8 Å². The average molecular weight is 226 g/mol. The minimum absolute atomic E-state index is 0.0985. The maximum atomic E-state index is 5.80. The Labute approximate surface area is 94.6 Å². The van der Waals surface area contributed by atoms with Crippen LogP contribution in [0.5, 0.6) is 0 Å². The van der Waals surface area contributed by atoms with Gasteiger partial charge >= 0.3 is 0 Å². The van der Waals surface area contributed by atoms with E-state index < -0.39 is 0 Å². The predicted molar refractivity (Wildman–Crippen MR) is 62.7 cm³/mol. The van der Waals surface area contributed by atoms with Crippen molar-refractivity contribution in [2.24, 2.45) is 5.84 Å². The van der Waals surface area contributed by atoms with Crippen molar-refractivity contribution >= 4 is 11.3 Å². The lowest BCUT2D eigenvalue weighted by Gasteiger charge is -2.32. The summed E-state index contributed by atoms with van der Waals surface area (Å²) in [4.78, 5) is 1.36. The monoisotopic (exact) mass is 226 g/mol. The topological polar surface area (TPSA) is 47.3 Å². The Morgan fingerprint density at radius 3 is 3.13 bits per heavy atom. The van der Waals surface area contributed by atoms with Gasteiger partial charge in [-0.15, -0.1) is 11.3 Å². The predicted octanol–water partition coefficient (Wildman–Crippen LogP) is 1.69. The Kier molecular flexibility index (Phi) is 3.41. The van der Waals surface area contributed by atoms with E-state index >= 15 is 0 Å². The molecule has 1 aromatic heterocycles. The molecule has 1 aliphatic heterocycles. The first-order valence-electron chi connectivity index (χ1n) is 5.37. The quantitative estimate of drug-likeness (QED) is 0.607. The lowest BCUT2D eigenvalue weighted by atomic mass is 9.91. The fourth-order valence-electron chi connectivity index (χ4n) is 2.16. The summed E-state index contributed by atoms with van der Waals surface area (Å²) >= 11 is 1.77. The van der Waals surface area contributed by atoms with Gasteiger partial charge in [-0.05, 0) is 31.2 Å². The van der Waals surface area contributed by atoms with Gasteiger partial charge < -0.3 is 4.74 Å². The third kappa shape index (κ3) is 2.39. The van der Waals surface area contributed by atoms with Crippen molar-refractivity contribution in [1.82, 2.24) is 5.43 Å². The summed E-state index contributed by atoms with van der Waals surface area (Å²) in [6.07, 6.45) is 3.18. The number of thiophene rings is 1. The highest BCUT2D eigenvalue weighted by molar-refractivity contribution is 7.09. The molecule has 2 atom stereocenters. The van der Waals surface area contributed by atoms with Crippen LogP contribution in [0, 0.1) is 0 Å². The number of ether oxygens (including phenoxy) is 1. The molecule has 15 heavy (non-hydrogen) atoms. The normalized spacial score (nSPS) is 28.1. The molecule has 0 aliphatic carbocycles. The molecule has 0 amide bonds. The van der Waals surface area contributed by atoms with Gasteiger partial charge in [0.05, 0.1) is 11.6 Å².